The molecule has 0 radical (unpaired) electrons. The van der Waals surface area contributed by atoms with Gasteiger partial charge in [-0.05, 0) is 42.0 Å². The van der Waals surface area contributed by atoms with Crippen LogP contribution in [0.4, 0.5) is 0 Å². The largest absolute Gasteiger partial charge is 0.326 e. The topological polar surface area (TPSA) is 63.4 Å². The molecule has 2 N–H and O–H groups in total. The summed E-state index contributed by atoms with van der Waals surface area (Å²) in [5.74, 6) is 0. The highest BCUT2D eigenvalue weighted by Crippen LogP contribution is 2.34. The Morgan fingerprint density at radius 3 is 2.55 bits per heavy atom. The second-order valence-electron chi connectivity index (χ2n) is 6.14. The van der Waals surface area contributed by atoms with Gasteiger partial charge in [0, 0.05) is 24.7 Å². The third-order valence-corrected chi connectivity index (χ3v) is 6.10. The summed E-state index contributed by atoms with van der Waals surface area (Å²) in [4.78, 5) is 0.281. The van der Waals surface area contributed by atoms with Gasteiger partial charge in [-0.15, -0.1) is 0 Å². The van der Waals surface area contributed by atoms with Crippen LogP contribution in [0, 0.1) is 12.3 Å². The Labute approximate surface area is 126 Å². The molecule has 0 saturated carbocycles. The zero-order valence-corrected chi connectivity index (χ0v) is 13.7. The number of nitrogens with two attached hydrogens (primary N) is 1. The van der Waals surface area contributed by atoms with E-state index in [0.717, 1.165) is 12.0 Å². The second kappa shape index (κ2) is 5.30. The number of hydrogen-bond donors (Lipinski definition) is 1. The highest BCUT2D eigenvalue weighted by Gasteiger charge is 2.37. The smallest absolute Gasteiger partial charge is 0.243 e. The van der Waals surface area contributed by atoms with E-state index in [1.54, 1.807) is 17.3 Å². The van der Waals surface area contributed by atoms with E-state index < -0.39 is 10.0 Å². The molecular weight excluding hydrogens is 296 g/mol. The van der Waals surface area contributed by atoms with Crippen molar-refractivity contribution in [2.45, 2.75) is 38.6 Å². The molecule has 112 valence electrons. The van der Waals surface area contributed by atoms with Gasteiger partial charge in [0.1, 0.15) is 0 Å². The van der Waals surface area contributed by atoms with Crippen molar-refractivity contribution in [3.63, 3.8) is 0 Å². The Kier molecular flexibility index (Phi) is 4.17. The number of halogens is 1. The maximum absolute atomic E-state index is 12.8. The zero-order chi connectivity index (χ0) is 15.1. The van der Waals surface area contributed by atoms with E-state index in [4.69, 9.17) is 17.3 Å². The van der Waals surface area contributed by atoms with Crippen LogP contribution < -0.4 is 5.73 Å². The molecule has 0 unspecified atom stereocenters. The predicted molar refractivity (Wildman–Crippen MR) is 81.2 cm³/mol. The molecule has 1 aromatic rings. The molecule has 2 rings (SSSR count). The first-order valence-corrected chi connectivity index (χ1v) is 8.48. The summed E-state index contributed by atoms with van der Waals surface area (Å²) < 4.78 is 27.1. The molecule has 0 aromatic heterocycles. The first-order chi connectivity index (χ1) is 9.17. The average Bonchev–Trinajstić information content (AvgIpc) is 2.72. The summed E-state index contributed by atoms with van der Waals surface area (Å²) in [7, 11) is -3.50. The van der Waals surface area contributed by atoms with Crippen molar-refractivity contribution in [1.82, 2.24) is 4.31 Å². The summed E-state index contributed by atoms with van der Waals surface area (Å²) in [6, 6.07) is 3.25. The molecule has 0 bridgehead atoms. The van der Waals surface area contributed by atoms with Crippen LogP contribution >= 0.6 is 11.6 Å². The van der Waals surface area contributed by atoms with Crippen LogP contribution in [-0.2, 0) is 16.6 Å². The minimum Gasteiger partial charge on any atom is -0.326 e. The Morgan fingerprint density at radius 2 is 2.05 bits per heavy atom. The number of rotatable bonds is 3. The molecule has 1 heterocycles. The van der Waals surface area contributed by atoms with Gasteiger partial charge in [0.2, 0.25) is 10.0 Å². The van der Waals surface area contributed by atoms with Crippen LogP contribution in [0.1, 0.15) is 31.4 Å². The van der Waals surface area contributed by atoms with Crippen LogP contribution in [-0.4, -0.2) is 25.8 Å². The Balaban J connectivity index is 2.48. The Morgan fingerprint density at radius 1 is 1.40 bits per heavy atom. The highest BCUT2D eigenvalue weighted by atomic mass is 35.5. The quantitative estimate of drug-likeness (QED) is 0.932. The van der Waals surface area contributed by atoms with Gasteiger partial charge < -0.3 is 5.73 Å². The molecule has 1 aromatic carbocycles. The summed E-state index contributed by atoms with van der Waals surface area (Å²) >= 11 is 6.03. The molecule has 0 aliphatic carbocycles. The fourth-order valence-electron chi connectivity index (χ4n) is 2.60. The van der Waals surface area contributed by atoms with Crippen LogP contribution in [0.3, 0.4) is 0 Å². The van der Waals surface area contributed by atoms with Crippen molar-refractivity contribution in [1.29, 1.82) is 0 Å². The minimum atomic E-state index is -3.50. The number of sulfonamides is 1. The maximum atomic E-state index is 12.8. The predicted octanol–water partition coefficient (Wildman–Crippen LogP) is 2.53. The summed E-state index contributed by atoms with van der Waals surface area (Å²) in [6.45, 7) is 7.32. The number of hydrogen-bond acceptors (Lipinski definition) is 3. The van der Waals surface area contributed by atoms with Crippen molar-refractivity contribution in [2.75, 3.05) is 13.1 Å². The normalized spacial score (nSPS) is 19.4. The van der Waals surface area contributed by atoms with E-state index >= 15 is 0 Å². The van der Waals surface area contributed by atoms with E-state index in [1.807, 2.05) is 0 Å². The SMILES string of the molecule is Cc1c(CN)cc(Cl)cc1S(=O)(=O)N1CCC(C)(C)C1. The minimum absolute atomic E-state index is 0.0241. The van der Waals surface area contributed by atoms with Crippen molar-refractivity contribution in [3.05, 3.63) is 28.3 Å². The van der Waals surface area contributed by atoms with Gasteiger partial charge in [0.05, 0.1) is 4.90 Å². The van der Waals surface area contributed by atoms with Crippen molar-refractivity contribution < 1.29 is 8.42 Å². The maximum Gasteiger partial charge on any atom is 0.243 e. The van der Waals surface area contributed by atoms with Crippen LogP contribution in [0.2, 0.25) is 5.02 Å². The van der Waals surface area contributed by atoms with Crippen molar-refractivity contribution in [3.8, 4) is 0 Å². The molecule has 1 aliphatic rings. The Bertz CT molecular complexity index is 626. The Hall–Kier alpha value is -0.620. The van der Waals surface area contributed by atoms with Gasteiger partial charge in [-0.3, -0.25) is 0 Å². The average molecular weight is 317 g/mol. The molecule has 0 spiro atoms. The van der Waals surface area contributed by atoms with Crippen molar-refractivity contribution in [2.24, 2.45) is 11.1 Å². The fourth-order valence-corrected chi connectivity index (χ4v) is 4.82. The lowest BCUT2D eigenvalue weighted by atomic mass is 9.93. The van der Waals surface area contributed by atoms with E-state index in [9.17, 15) is 8.42 Å². The van der Waals surface area contributed by atoms with Crippen LogP contribution in [0.25, 0.3) is 0 Å². The second-order valence-corrected chi connectivity index (χ2v) is 8.49. The molecule has 1 aliphatic heterocycles. The van der Waals surface area contributed by atoms with Crippen LogP contribution in [0.15, 0.2) is 17.0 Å². The summed E-state index contributed by atoms with van der Waals surface area (Å²) in [5, 5.41) is 0.410. The fraction of sp³-hybridized carbons (Fsp3) is 0.571. The van der Waals surface area contributed by atoms with E-state index in [1.165, 1.54) is 6.07 Å². The van der Waals surface area contributed by atoms with Gasteiger partial charge in [-0.25, -0.2) is 8.42 Å². The lowest BCUT2D eigenvalue weighted by molar-refractivity contribution is 0.375. The molecule has 0 amide bonds. The third-order valence-electron chi connectivity index (χ3n) is 3.91. The number of nitrogens with zero attached hydrogens (tertiary/aromatic N) is 1. The van der Waals surface area contributed by atoms with Gasteiger partial charge in [-0.1, -0.05) is 25.4 Å². The summed E-state index contributed by atoms with van der Waals surface area (Å²) in [5.41, 5.74) is 7.15. The standard InChI is InChI=1S/C14H21ClN2O2S/c1-10-11(8-16)6-12(15)7-13(10)20(18,19)17-5-4-14(2,3)9-17/h6-7H,4-5,8-9,16H2,1-3H3. The lowest BCUT2D eigenvalue weighted by Crippen LogP contribution is -2.31. The van der Waals surface area contributed by atoms with Crippen molar-refractivity contribution >= 4 is 21.6 Å². The first-order valence-electron chi connectivity index (χ1n) is 6.67. The van der Waals surface area contributed by atoms with Gasteiger partial charge in [0.25, 0.3) is 0 Å². The molecule has 1 fully saturated rings. The van der Waals surface area contributed by atoms with E-state index in [2.05, 4.69) is 13.8 Å². The number of benzene rings is 1. The van der Waals surface area contributed by atoms with E-state index in [-0.39, 0.29) is 16.9 Å². The first kappa shape index (κ1) is 15.8. The zero-order valence-electron chi connectivity index (χ0n) is 12.1. The molecule has 6 heteroatoms. The van der Waals surface area contributed by atoms with E-state index in [0.29, 0.717) is 23.7 Å². The van der Waals surface area contributed by atoms with Crippen LogP contribution in [0.5, 0.6) is 0 Å². The van der Waals surface area contributed by atoms with Gasteiger partial charge in [0.15, 0.2) is 0 Å². The molecular formula is C14H21ClN2O2S. The third kappa shape index (κ3) is 2.86. The highest BCUT2D eigenvalue weighted by molar-refractivity contribution is 7.89. The van der Waals surface area contributed by atoms with Gasteiger partial charge >= 0.3 is 0 Å². The van der Waals surface area contributed by atoms with Gasteiger partial charge in [-0.2, -0.15) is 4.31 Å². The summed E-state index contributed by atoms with van der Waals surface area (Å²) in [6.07, 6.45) is 0.871. The molecule has 20 heavy (non-hydrogen) atoms. The lowest BCUT2D eigenvalue weighted by Gasteiger charge is -2.21. The molecule has 1 saturated heterocycles. The molecule has 4 nitrogen and oxygen atoms in total. The molecule has 0 atom stereocenters. The monoisotopic (exact) mass is 316 g/mol.